The quantitative estimate of drug-likeness (QED) is 0.512. The van der Waals surface area contributed by atoms with Crippen LogP contribution in [-0.4, -0.2) is 18.0 Å². The zero-order valence-electron chi connectivity index (χ0n) is 12.1. The standard InChI is InChI=1S/C17H21BrO2/c1-13(2)20-17-8-6-14-11-16(7-5-15(14)12-17)19-10-4-3-9-18/h5-8,11-13H,3-4,9-10H2,1-2H3. The second-order valence-electron chi connectivity index (χ2n) is 5.08. The average molecular weight is 337 g/mol. The van der Waals surface area contributed by atoms with E-state index >= 15 is 0 Å². The largest absolute Gasteiger partial charge is 0.494 e. The predicted octanol–water partition coefficient (Wildman–Crippen LogP) is 5.18. The van der Waals surface area contributed by atoms with Gasteiger partial charge >= 0.3 is 0 Å². The molecule has 20 heavy (non-hydrogen) atoms. The van der Waals surface area contributed by atoms with Crippen LogP contribution in [0.3, 0.4) is 0 Å². The molecule has 0 atom stereocenters. The maximum atomic E-state index is 5.76. The Morgan fingerprint density at radius 1 is 0.950 bits per heavy atom. The van der Waals surface area contributed by atoms with Crippen LogP contribution in [0.4, 0.5) is 0 Å². The number of alkyl halides is 1. The molecule has 0 aromatic heterocycles. The number of hydrogen-bond donors (Lipinski definition) is 0. The molecule has 0 amide bonds. The summed E-state index contributed by atoms with van der Waals surface area (Å²) in [7, 11) is 0. The van der Waals surface area contributed by atoms with Crippen molar-refractivity contribution in [2.75, 3.05) is 11.9 Å². The molecule has 0 fully saturated rings. The number of hydrogen-bond acceptors (Lipinski definition) is 2. The number of benzene rings is 2. The SMILES string of the molecule is CC(C)Oc1ccc2cc(OCCCCBr)ccc2c1. The van der Waals surface area contributed by atoms with Gasteiger partial charge in [0, 0.05) is 5.33 Å². The van der Waals surface area contributed by atoms with Gasteiger partial charge in [-0.05, 0) is 61.7 Å². The predicted molar refractivity (Wildman–Crippen MR) is 88.2 cm³/mol. The lowest BCUT2D eigenvalue weighted by Crippen LogP contribution is -2.05. The van der Waals surface area contributed by atoms with Gasteiger partial charge in [0.05, 0.1) is 12.7 Å². The topological polar surface area (TPSA) is 18.5 Å². The molecule has 2 aromatic rings. The van der Waals surface area contributed by atoms with Crippen molar-refractivity contribution in [3.8, 4) is 11.5 Å². The van der Waals surface area contributed by atoms with Crippen molar-refractivity contribution in [3.05, 3.63) is 36.4 Å². The number of ether oxygens (including phenoxy) is 2. The Bertz CT molecular complexity index is 552. The second kappa shape index (κ2) is 7.53. The van der Waals surface area contributed by atoms with E-state index < -0.39 is 0 Å². The fourth-order valence-corrected chi connectivity index (χ4v) is 2.42. The molecule has 0 unspecified atom stereocenters. The third-order valence-corrected chi connectivity index (χ3v) is 3.51. The molecule has 0 aliphatic carbocycles. The summed E-state index contributed by atoms with van der Waals surface area (Å²) in [6, 6.07) is 12.4. The molecule has 2 aromatic carbocycles. The molecule has 2 rings (SSSR count). The van der Waals surface area contributed by atoms with Crippen molar-refractivity contribution >= 4 is 26.7 Å². The van der Waals surface area contributed by atoms with Crippen molar-refractivity contribution in [1.29, 1.82) is 0 Å². The van der Waals surface area contributed by atoms with Crippen molar-refractivity contribution in [2.24, 2.45) is 0 Å². The third-order valence-electron chi connectivity index (χ3n) is 2.95. The van der Waals surface area contributed by atoms with Gasteiger partial charge in [-0.3, -0.25) is 0 Å². The lowest BCUT2D eigenvalue weighted by atomic mass is 10.1. The summed E-state index contributed by atoms with van der Waals surface area (Å²) in [6.07, 6.45) is 2.41. The van der Waals surface area contributed by atoms with E-state index in [1.807, 2.05) is 26.0 Å². The summed E-state index contributed by atoms with van der Waals surface area (Å²) in [5.41, 5.74) is 0. The van der Waals surface area contributed by atoms with Crippen LogP contribution in [0, 0.1) is 0 Å². The van der Waals surface area contributed by atoms with Crippen LogP contribution >= 0.6 is 15.9 Å². The third kappa shape index (κ3) is 4.41. The summed E-state index contributed by atoms with van der Waals surface area (Å²) in [4.78, 5) is 0. The Morgan fingerprint density at radius 3 is 2.25 bits per heavy atom. The van der Waals surface area contributed by atoms with Gasteiger partial charge in [-0.1, -0.05) is 28.1 Å². The lowest BCUT2D eigenvalue weighted by molar-refractivity contribution is 0.243. The van der Waals surface area contributed by atoms with Crippen LogP contribution in [0.5, 0.6) is 11.5 Å². The van der Waals surface area contributed by atoms with Crippen molar-refractivity contribution in [1.82, 2.24) is 0 Å². The summed E-state index contributed by atoms with van der Waals surface area (Å²) in [5.74, 6) is 1.85. The van der Waals surface area contributed by atoms with Crippen LogP contribution in [0.15, 0.2) is 36.4 Å². The van der Waals surface area contributed by atoms with E-state index in [0.717, 1.165) is 36.3 Å². The van der Waals surface area contributed by atoms with Gasteiger partial charge < -0.3 is 9.47 Å². The average Bonchev–Trinajstić information content (AvgIpc) is 2.43. The Morgan fingerprint density at radius 2 is 1.60 bits per heavy atom. The van der Waals surface area contributed by atoms with E-state index in [0.29, 0.717) is 0 Å². The highest BCUT2D eigenvalue weighted by molar-refractivity contribution is 9.09. The molecule has 0 aliphatic heterocycles. The maximum absolute atomic E-state index is 5.76. The zero-order chi connectivity index (χ0) is 14.4. The smallest absolute Gasteiger partial charge is 0.120 e. The molecule has 3 heteroatoms. The van der Waals surface area contributed by atoms with Gasteiger partial charge in [-0.25, -0.2) is 0 Å². The minimum absolute atomic E-state index is 0.199. The molecular formula is C17H21BrO2. The van der Waals surface area contributed by atoms with E-state index in [1.165, 1.54) is 10.8 Å². The summed E-state index contributed by atoms with van der Waals surface area (Å²) in [6.45, 7) is 4.84. The molecular weight excluding hydrogens is 316 g/mol. The van der Waals surface area contributed by atoms with Gasteiger partial charge in [-0.2, -0.15) is 0 Å². The molecule has 0 spiro atoms. The normalized spacial score (nSPS) is 11.0. The first-order valence-corrected chi connectivity index (χ1v) is 8.20. The summed E-state index contributed by atoms with van der Waals surface area (Å²) < 4.78 is 11.5. The molecule has 0 heterocycles. The molecule has 0 saturated carbocycles. The Labute approximate surface area is 129 Å². The molecule has 108 valence electrons. The molecule has 0 aliphatic rings. The lowest BCUT2D eigenvalue weighted by Gasteiger charge is -2.11. The first-order chi connectivity index (χ1) is 9.69. The minimum Gasteiger partial charge on any atom is -0.494 e. The molecule has 0 bridgehead atoms. The maximum Gasteiger partial charge on any atom is 0.120 e. The van der Waals surface area contributed by atoms with Gasteiger partial charge in [0.2, 0.25) is 0 Å². The number of rotatable bonds is 7. The van der Waals surface area contributed by atoms with Crippen LogP contribution in [0.2, 0.25) is 0 Å². The fourth-order valence-electron chi connectivity index (χ4n) is 2.02. The highest BCUT2D eigenvalue weighted by atomic mass is 79.9. The molecule has 0 radical (unpaired) electrons. The Hall–Kier alpha value is -1.22. The van der Waals surface area contributed by atoms with Gasteiger partial charge in [0.1, 0.15) is 11.5 Å². The van der Waals surface area contributed by atoms with Gasteiger partial charge in [-0.15, -0.1) is 0 Å². The Kier molecular flexibility index (Phi) is 5.72. The highest BCUT2D eigenvalue weighted by Crippen LogP contribution is 2.25. The first-order valence-electron chi connectivity index (χ1n) is 7.08. The summed E-state index contributed by atoms with van der Waals surface area (Å²) >= 11 is 3.42. The molecule has 0 N–H and O–H groups in total. The zero-order valence-corrected chi connectivity index (χ0v) is 13.7. The summed E-state index contributed by atoms with van der Waals surface area (Å²) in [5, 5.41) is 3.39. The van der Waals surface area contributed by atoms with E-state index in [9.17, 15) is 0 Å². The number of fused-ring (bicyclic) bond motifs is 1. The van der Waals surface area contributed by atoms with Crippen molar-refractivity contribution in [3.63, 3.8) is 0 Å². The molecule has 0 saturated heterocycles. The second-order valence-corrected chi connectivity index (χ2v) is 5.87. The first kappa shape index (κ1) is 15.2. The van der Waals surface area contributed by atoms with Crippen molar-refractivity contribution in [2.45, 2.75) is 32.8 Å². The fraction of sp³-hybridized carbons (Fsp3) is 0.412. The van der Waals surface area contributed by atoms with E-state index in [1.54, 1.807) is 0 Å². The highest BCUT2D eigenvalue weighted by Gasteiger charge is 2.02. The molecule has 2 nitrogen and oxygen atoms in total. The number of unbranched alkanes of at least 4 members (excludes halogenated alkanes) is 1. The van der Waals surface area contributed by atoms with Crippen LogP contribution < -0.4 is 9.47 Å². The minimum atomic E-state index is 0.199. The van der Waals surface area contributed by atoms with Crippen molar-refractivity contribution < 1.29 is 9.47 Å². The Balaban J connectivity index is 2.06. The van der Waals surface area contributed by atoms with Gasteiger partial charge in [0.15, 0.2) is 0 Å². The van der Waals surface area contributed by atoms with E-state index in [4.69, 9.17) is 9.47 Å². The number of halogens is 1. The van der Waals surface area contributed by atoms with Crippen LogP contribution in [0.25, 0.3) is 10.8 Å². The van der Waals surface area contributed by atoms with Crippen LogP contribution in [-0.2, 0) is 0 Å². The van der Waals surface area contributed by atoms with Gasteiger partial charge in [0.25, 0.3) is 0 Å². The van der Waals surface area contributed by atoms with E-state index in [-0.39, 0.29) is 6.10 Å². The van der Waals surface area contributed by atoms with Crippen LogP contribution in [0.1, 0.15) is 26.7 Å². The monoisotopic (exact) mass is 336 g/mol. The van der Waals surface area contributed by atoms with E-state index in [2.05, 4.69) is 40.2 Å².